The summed E-state index contributed by atoms with van der Waals surface area (Å²) in [6.07, 6.45) is 0. The number of alkyl halides is 1. The lowest BCUT2D eigenvalue weighted by molar-refractivity contribution is -0.123. The molecule has 1 unspecified atom stereocenters. The molecule has 0 aliphatic heterocycles. The fraction of sp³-hybridized carbons (Fsp3) is 0.875. The van der Waals surface area contributed by atoms with E-state index in [0.29, 0.717) is 0 Å². The first-order chi connectivity index (χ1) is 6.81. The Hall–Kier alpha value is -0.330. The summed E-state index contributed by atoms with van der Waals surface area (Å²) in [5, 5.41) is 2.52. The van der Waals surface area contributed by atoms with Gasteiger partial charge in [0.25, 0.3) is 0 Å². The highest BCUT2D eigenvalue weighted by Crippen LogP contribution is 1.97. The monoisotopic (exact) mass is 256 g/mol. The second kappa shape index (κ2) is 6.30. The Bertz CT molecular complexity index is 303. The number of hydrogen-bond acceptors (Lipinski definition) is 3. The van der Waals surface area contributed by atoms with Gasteiger partial charge in [-0.25, -0.2) is 12.7 Å². The second-order valence-corrected chi connectivity index (χ2v) is 6.06. The van der Waals surface area contributed by atoms with Crippen molar-refractivity contribution in [1.29, 1.82) is 0 Å². The predicted molar refractivity (Wildman–Crippen MR) is 60.4 cm³/mol. The molecule has 0 aliphatic carbocycles. The van der Waals surface area contributed by atoms with Crippen LogP contribution >= 0.6 is 11.6 Å². The van der Waals surface area contributed by atoms with Crippen LogP contribution in [-0.4, -0.2) is 50.9 Å². The van der Waals surface area contributed by atoms with Crippen LogP contribution in [0.4, 0.5) is 0 Å². The van der Waals surface area contributed by atoms with E-state index in [1.807, 2.05) is 0 Å². The number of carbonyl (C=O) groups excluding carboxylic acids is 1. The minimum Gasteiger partial charge on any atom is -0.355 e. The molecule has 0 aliphatic rings. The summed E-state index contributed by atoms with van der Waals surface area (Å²) in [6.45, 7) is 1.79. The van der Waals surface area contributed by atoms with Crippen LogP contribution in [0.5, 0.6) is 0 Å². The fourth-order valence-corrected chi connectivity index (χ4v) is 1.60. The molecule has 1 amide bonds. The molecule has 90 valence electrons. The number of carbonyl (C=O) groups is 1. The first-order valence-corrected chi connectivity index (χ1v) is 6.69. The standard InChI is InChI=1S/C8H17ClN2O3S/c1-7(6-9)8(12)10-4-5-15(13,14)11(2)3/h7H,4-6H2,1-3H3,(H,10,12). The summed E-state index contributed by atoms with van der Waals surface area (Å²) in [5.41, 5.74) is 0. The highest BCUT2D eigenvalue weighted by atomic mass is 35.5. The van der Waals surface area contributed by atoms with Crippen LogP contribution in [0, 0.1) is 5.92 Å². The van der Waals surface area contributed by atoms with Gasteiger partial charge in [0.05, 0.1) is 5.75 Å². The fourth-order valence-electron chi connectivity index (χ4n) is 0.730. The lowest BCUT2D eigenvalue weighted by Gasteiger charge is -2.12. The molecule has 0 saturated heterocycles. The molecule has 15 heavy (non-hydrogen) atoms. The highest BCUT2D eigenvalue weighted by Gasteiger charge is 2.15. The van der Waals surface area contributed by atoms with Gasteiger partial charge >= 0.3 is 0 Å². The van der Waals surface area contributed by atoms with Crippen molar-refractivity contribution in [3.8, 4) is 0 Å². The smallest absolute Gasteiger partial charge is 0.224 e. The maximum absolute atomic E-state index is 11.3. The Kier molecular flexibility index (Phi) is 6.16. The van der Waals surface area contributed by atoms with E-state index >= 15 is 0 Å². The SMILES string of the molecule is CC(CCl)C(=O)NCCS(=O)(=O)N(C)C. The van der Waals surface area contributed by atoms with Gasteiger partial charge in [0.15, 0.2) is 0 Å². The molecule has 7 heteroatoms. The lowest BCUT2D eigenvalue weighted by Crippen LogP contribution is -2.36. The molecule has 0 fully saturated rings. The lowest BCUT2D eigenvalue weighted by atomic mass is 10.2. The van der Waals surface area contributed by atoms with Gasteiger partial charge in [0.2, 0.25) is 15.9 Å². The summed E-state index contributed by atoms with van der Waals surface area (Å²) < 4.78 is 23.7. The second-order valence-electron chi connectivity index (χ2n) is 3.44. The third kappa shape index (κ3) is 5.34. The van der Waals surface area contributed by atoms with Crippen molar-refractivity contribution < 1.29 is 13.2 Å². The molecular formula is C8H17ClN2O3S. The Morgan fingerprint density at radius 3 is 2.40 bits per heavy atom. The quantitative estimate of drug-likeness (QED) is 0.674. The Morgan fingerprint density at radius 1 is 1.47 bits per heavy atom. The van der Waals surface area contributed by atoms with Crippen molar-refractivity contribution in [1.82, 2.24) is 9.62 Å². The van der Waals surface area contributed by atoms with Gasteiger partial charge in [-0.1, -0.05) is 6.92 Å². The van der Waals surface area contributed by atoms with E-state index in [4.69, 9.17) is 11.6 Å². The molecule has 5 nitrogen and oxygen atoms in total. The van der Waals surface area contributed by atoms with Crippen LogP contribution in [0.25, 0.3) is 0 Å². The largest absolute Gasteiger partial charge is 0.355 e. The summed E-state index contributed by atoms with van der Waals surface area (Å²) in [6, 6.07) is 0. The summed E-state index contributed by atoms with van der Waals surface area (Å²) >= 11 is 5.48. The van der Waals surface area contributed by atoms with Crippen LogP contribution in [0.15, 0.2) is 0 Å². The van der Waals surface area contributed by atoms with Gasteiger partial charge in [0, 0.05) is 32.4 Å². The molecule has 0 aromatic heterocycles. The summed E-state index contributed by atoms with van der Waals surface area (Å²) in [5.74, 6) is -0.389. The first kappa shape index (κ1) is 14.7. The zero-order valence-corrected chi connectivity index (χ0v) is 10.7. The molecule has 0 rings (SSSR count). The average Bonchev–Trinajstić information content (AvgIpc) is 2.15. The van der Waals surface area contributed by atoms with Crippen LogP contribution in [0.2, 0.25) is 0 Å². The van der Waals surface area contributed by atoms with Gasteiger partial charge in [-0.2, -0.15) is 0 Å². The number of amides is 1. The zero-order valence-electron chi connectivity index (χ0n) is 9.16. The van der Waals surface area contributed by atoms with Crippen molar-refractivity contribution in [2.24, 2.45) is 5.92 Å². The number of nitrogens with one attached hydrogen (secondary N) is 1. The Morgan fingerprint density at radius 2 is 2.00 bits per heavy atom. The van der Waals surface area contributed by atoms with Gasteiger partial charge in [-0.05, 0) is 0 Å². The van der Waals surface area contributed by atoms with E-state index in [2.05, 4.69) is 5.32 Å². The maximum atomic E-state index is 11.3. The van der Waals surface area contributed by atoms with E-state index in [-0.39, 0.29) is 30.0 Å². The first-order valence-electron chi connectivity index (χ1n) is 4.55. The van der Waals surface area contributed by atoms with Crippen LogP contribution in [0.1, 0.15) is 6.92 Å². The molecule has 0 spiro atoms. The third-order valence-corrected chi connectivity index (χ3v) is 4.19. The Labute approximate surface area is 95.8 Å². The topological polar surface area (TPSA) is 66.5 Å². The van der Waals surface area contributed by atoms with Crippen molar-refractivity contribution in [3.63, 3.8) is 0 Å². The molecule has 0 bridgehead atoms. The minimum atomic E-state index is -3.24. The molecule has 0 saturated carbocycles. The van der Waals surface area contributed by atoms with E-state index in [9.17, 15) is 13.2 Å². The van der Waals surface area contributed by atoms with Gasteiger partial charge in [-0.3, -0.25) is 4.79 Å². The number of rotatable bonds is 6. The van der Waals surface area contributed by atoms with Crippen molar-refractivity contribution in [3.05, 3.63) is 0 Å². The molecule has 0 aromatic rings. The highest BCUT2D eigenvalue weighted by molar-refractivity contribution is 7.89. The number of nitrogens with zero attached hydrogens (tertiary/aromatic N) is 1. The van der Waals surface area contributed by atoms with E-state index in [1.54, 1.807) is 6.92 Å². The molecule has 1 atom stereocenters. The molecule has 1 N–H and O–H groups in total. The van der Waals surface area contributed by atoms with E-state index in [1.165, 1.54) is 14.1 Å². The number of sulfonamides is 1. The third-order valence-electron chi connectivity index (χ3n) is 1.89. The van der Waals surface area contributed by atoms with Crippen LogP contribution in [-0.2, 0) is 14.8 Å². The van der Waals surface area contributed by atoms with Crippen LogP contribution in [0.3, 0.4) is 0 Å². The Balaban J connectivity index is 3.96. The molecule has 0 radical (unpaired) electrons. The molecular weight excluding hydrogens is 240 g/mol. The minimum absolute atomic E-state index is 0.0965. The van der Waals surface area contributed by atoms with Crippen LogP contribution < -0.4 is 5.32 Å². The summed E-state index contributed by atoms with van der Waals surface area (Å²) in [4.78, 5) is 11.2. The normalized spacial score (nSPS) is 13.9. The maximum Gasteiger partial charge on any atom is 0.224 e. The van der Waals surface area contributed by atoms with Gasteiger partial charge in [-0.15, -0.1) is 11.6 Å². The van der Waals surface area contributed by atoms with E-state index in [0.717, 1.165) is 4.31 Å². The van der Waals surface area contributed by atoms with E-state index < -0.39 is 10.0 Å². The summed E-state index contributed by atoms with van der Waals surface area (Å²) in [7, 11) is -0.327. The van der Waals surface area contributed by atoms with Gasteiger partial charge < -0.3 is 5.32 Å². The molecule has 0 aromatic carbocycles. The number of halogens is 1. The van der Waals surface area contributed by atoms with Gasteiger partial charge in [0.1, 0.15) is 0 Å². The van der Waals surface area contributed by atoms with Crippen molar-refractivity contribution >= 4 is 27.5 Å². The average molecular weight is 257 g/mol. The molecule has 0 heterocycles. The number of hydrogen-bond donors (Lipinski definition) is 1. The predicted octanol–water partition coefficient (Wildman–Crippen LogP) is -0.131. The van der Waals surface area contributed by atoms with Crippen molar-refractivity contribution in [2.75, 3.05) is 32.3 Å². The van der Waals surface area contributed by atoms with Crippen molar-refractivity contribution in [2.45, 2.75) is 6.92 Å². The zero-order chi connectivity index (χ0) is 12.1.